The van der Waals surface area contributed by atoms with Crippen molar-refractivity contribution in [1.29, 1.82) is 0 Å². The largest absolute Gasteiger partial charge is 0.356 e. The summed E-state index contributed by atoms with van der Waals surface area (Å²) in [5.41, 5.74) is 0. The SMILES string of the molecule is CN(C)C(=O)CN=C(NCCc1cccs1)NC1CCN(c2ncccc2F)C1.I. The normalized spacial score (nSPS) is 16.2. The summed E-state index contributed by atoms with van der Waals surface area (Å²) in [6.07, 6.45) is 3.32. The van der Waals surface area contributed by atoms with E-state index in [4.69, 9.17) is 0 Å². The predicted molar refractivity (Wildman–Crippen MR) is 130 cm³/mol. The van der Waals surface area contributed by atoms with Gasteiger partial charge in [0.25, 0.3) is 0 Å². The first-order valence-corrected chi connectivity index (χ1v) is 10.5. The van der Waals surface area contributed by atoms with Gasteiger partial charge in [-0.15, -0.1) is 35.3 Å². The molecule has 3 rings (SSSR count). The Morgan fingerprint density at radius 3 is 2.93 bits per heavy atom. The number of anilines is 1. The Morgan fingerprint density at radius 2 is 2.23 bits per heavy atom. The topological polar surface area (TPSA) is 72.9 Å². The van der Waals surface area contributed by atoms with E-state index in [1.807, 2.05) is 11.0 Å². The molecular formula is C20H28FIN6OS. The summed E-state index contributed by atoms with van der Waals surface area (Å²) >= 11 is 1.72. The van der Waals surface area contributed by atoms with E-state index in [2.05, 4.69) is 32.1 Å². The number of rotatable bonds is 7. The van der Waals surface area contributed by atoms with Gasteiger partial charge in [-0.1, -0.05) is 6.07 Å². The third kappa shape index (κ3) is 7.08. The van der Waals surface area contributed by atoms with E-state index < -0.39 is 0 Å². The number of likely N-dealkylation sites (N-methyl/N-ethyl adjacent to an activating group) is 1. The van der Waals surface area contributed by atoms with Crippen LogP contribution >= 0.6 is 35.3 Å². The molecule has 1 amide bonds. The van der Waals surface area contributed by atoms with E-state index >= 15 is 0 Å². The van der Waals surface area contributed by atoms with Crippen molar-refractivity contribution in [3.05, 3.63) is 46.5 Å². The van der Waals surface area contributed by atoms with E-state index in [0.717, 1.165) is 12.8 Å². The van der Waals surface area contributed by atoms with Crippen molar-refractivity contribution < 1.29 is 9.18 Å². The fourth-order valence-corrected chi connectivity index (χ4v) is 3.78. The van der Waals surface area contributed by atoms with Crippen LogP contribution in [0.5, 0.6) is 0 Å². The molecule has 1 unspecified atom stereocenters. The molecule has 0 spiro atoms. The van der Waals surface area contributed by atoms with Crippen LogP contribution in [0.1, 0.15) is 11.3 Å². The van der Waals surface area contributed by atoms with E-state index in [9.17, 15) is 9.18 Å². The van der Waals surface area contributed by atoms with Gasteiger partial charge in [0.15, 0.2) is 17.6 Å². The Morgan fingerprint density at radius 1 is 1.40 bits per heavy atom. The molecule has 0 bridgehead atoms. The van der Waals surface area contributed by atoms with Crippen molar-refractivity contribution in [3.8, 4) is 0 Å². The van der Waals surface area contributed by atoms with Gasteiger partial charge in [-0.05, 0) is 36.4 Å². The molecule has 1 aliphatic rings. The fourth-order valence-electron chi connectivity index (χ4n) is 3.07. The molecule has 0 aliphatic carbocycles. The van der Waals surface area contributed by atoms with Crippen molar-refractivity contribution in [2.45, 2.75) is 18.9 Å². The number of pyridine rings is 1. The highest BCUT2D eigenvalue weighted by atomic mass is 127. The number of guanidine groups is 1. The van der Waals surface area contributed by atoms with Crippen LogP contribution in [0.4, 0.5) is 10.2 Å². The minimum Gasteiger partial charge on any atom is -0.356 e. The fraction of sp³-hybridized carbons (Fsp3) is 0.450. The van der Waals surface area contributed by atoms with Gasteiger partial charge in [0, 0.05) is 50.8 Å². The van der Waals surface area contributed by atoms with Gasteiger partial charge in [-0.2, -0.15) is 0 Å². The zero-order chi connectivity index (χ0) is 20.6. The van der Waals surface area contributed by atoms with Gasteiger partial charge >= 0.3 is 0 Å². The minimum atomic E-state index is -0.312. The molecule has 2 aromatic heterocycles. The van der Waals surface area contributed by atoms with Crippen molar-refractivity contribution in [2.75, 3.05) is 45.2 Å². The average molecular weight is 546 g/mol. The molecular weight excluding hydrogens is 518 g/mol. The van der Waals surface area contributed by atoms with Crippen LogP contribution in [0.15, 0.2) is 40.8 Å². The van der Waals surface area contributed by atoms with Crippen LogP contribution in [-0.2, 0) is 11.2 Å². The number of thiophene rings is 1. The molecule has 1 saturated heterocycles. The van der Waals surface area contributed by atoms with Crippen molar-refractivity contribution in [2.24, 2.45) is 4.99 Å². The first-order chi connectivity index (χ1) is 14.0. The summed E-state index contributed by atoms with van der Waals surface area (Å²) in [7, 11) is 3.43. The van der Waals surface area contributed by atoms with E-state index in [1.165, 1.54) is 15.8 Å². The second-order valence-corrected chi connectivity index (χ2v) is 8.13. The average Bonchev–Trinajstić information content (AvgIpc) is 3.38. The number of amides is 1. The van der Waals surface area contributed by atoms with Gasteiger partial charge in [0.1, 0.15) is 6.54 Å². The second-order valence-electron chi connectivity index (χ2n) is 7.09. The standard InChI is InChI=1S/C20H27FN6OS.HI/c1-26(2)18(28)13-24-20(23-10-7-16-5-4-12-29-16)25-15-8-11-27(14-15)19-17(21)6-3-9-22-19;/h3-6,9,12,15H,7-8,10-11,13-14H2,1-2H3,(H2,23,24,25);1H. The van der Waals surface area contributed by atoms with Crippen molar-refractivity contribution >= 4 is 53.0 Å². The molecule has 1 fully saturated rings. The predicted octanol–water partition coefficient (Wildman–Crippen LogP) is 2.35. The lowest BCUT2D eigenvalue weighted by Gasteiger charge is -2.20. The van der Waals surface area contributed by atoms with E-state index in [1.54, 1.807) is 37.7 Å². The van der Waals surface area contributed by atoms with Gasteiger partial charge in [0.05, 0.1) is 0 Å². The zero-order valence-electron chi connectivity index (χ0n) is 17.2. The third-order valence-electron chi connectivity index (χ3n) is 4.68. The summed E-state index contributed by atoms with van der Waals surface area (Å²) in [4.78, 5) is 25.3. The van der Waals surface area contributed by atoms with Crippen LogP contribution in [0.2, 0.25) is 0 Å². The minimum absolute atomic E-state index is 0. The summed E-state index contributed by atoms with van der Waals surface area (Å²) in [5.74, 6) is 0.606. The Kier molecular flexibility index (Phi) is 9.76. The summed E-state index contributed by atoms with van der Waals surface area (Å²) in [6.45, 7) is 2.13. The zero-order valence-corrected chi connectivity index (χ0v) is 20.3. The highest BCUT2D eigenvalue weighted by Gasteiger charge is 2.26. The maximum absolute atomic E-state index is 14.0. The van der Waals surface area contributed by atoms with Gasteiger partial charge in [-0.3, -0.25) is 4.79 Å². The number of carbonyl (C=O) groups excluding carboxylic acids is 1. The highest BCUT2D eigenvalue weighted by Crippen LogP contribution is 2.20. The van der Waals surface area contributed by atoms with Crippen LogP contribution in [0.25, 0.3) is 0 Å². The molecule has 3 heterocycles. The number of carbonyl (C=O) groups is 1. The summed E-state index contributed by atoms with van der Waals surface area (Å²) < 4.78 is 14.0. The number of halogens is 2. The van der Waals surface area contributed by atoms with Crippen LogP contribution in [0, 0.1) is 5.82 Å². The van der Waals surface area contributed by atoms with Crippen molar-refractivity contribution in [1.82, 2.24) is 20.5 Å². The Balaban J connectivity index is 0.00000320. The third-order valence-corrected chi connectivity index (χ3v) is 5.62. The molecule has 10 heteroatoms. The summed E-state index contributed by atoms with van der Waals surface area (Å²) in [6, 6.07) is 7.25. The number of nitrogens with zero attached hydrogens (tertiary/aromatic N) is 4. The Bertz CT molecular complexity index is 832. The van der Waals surface area contributed by atoms with E-state index in [0.29, 0.717) is 31.4 Å². The summed E-state index contributed by atoms with van der Waals surface area (Å²) in [5, 5.41) is 8.76. The lowest BCUT2D eigenvalue weighted by atomic mass is 10.3. The first kappa shape index (κ1) is 24.3. The van der Waals surface area contributed by atoms with Crippen LogP contribution in [-0.4, -0.2) is 68.1 Å². The monoisotopic (exact) mass is 546 g/mol. The molecule has 7 nitrogen and oxygen atoms in total. The molecule has 0 saturated carbocycles. The quantitative estimate of drug-likeness (QED) is 0.317. The van der Waals surface area contributed by atoms with Gasteiger partial charge < -0.3 is 20.4 Å². The number of hydrogen-bond donors (Lipinski definition) is 2. The Labute approximate surface area is 197 Å². The Hall–Kier alpha value is -1.95. The molecule has 164 valence electrons. The molecule has 0 radical (unpaired) electrons. The van der Waals surface area contributed by atoms with Crippen LogP contribution < -0.4 is 15.5 Å². The highest BCUT2D eigenvalue weighted by molar-refractivity contribution is 14.0. The molecule has 30 heavy (non-hydrogen) atoms. The van der Waals surface area contributed by atoms with Gasteiger partial charge in [0.2, 0.25) is 5.91 Å². The molecule has 1 aliphatic heterocycles. The second kappa shape index (κ2) is 12.0. The first-order valence-electron chi connectivity index (χ1n) is 9.66. The number of aromatic nitrogens is 1. The van der Waals surface area contributed by atoms with E-state index in [-0.39, 0.29) is 48.3 Å². The molecule has 1 atom stereocenters. The number of nitrogens with one attached hydrogen (secondary N) is 2. The smallest absolute Gasteiger partial charge is 0.243 e. The van der Waals surface area contributed by atoms with Crippen LogP contribution in [0.3, 0.4) is 0 Å². The number of hydrogen-bond acceptors (Lipinski definition) is 5. The maximum Gasteiger partial charge on any atom is 0.243 e. The molecule has 0 aromatic carbocycles. The molecule has 2 aromatic rings. The number of aliphatic imine (C=N–C) groups is 1. The lowest BCUT2D eigenvalue weighted by molar-refractivity contribution is -0.127. The lowest BCUT2D eigenvalue weighted by Crippen LogP contribution is -2.45. The maximum atomic E-state index is 14.0. The van der Waals surface area contributed by atoms with Crippen molar-refractivity contribution in [3.63, 3.8) is 0 Å². The molecule has 2 N–H and O–H groups in total. The van der Waals surface area contributed by atoms with Gasteiger partial charge in [-0.25, -0.2) is 14.4 Å².